The van der Waals surface area contributed by atoms with E-state index in [1.807, 2.05) is 18.2 Å². The van der Waals surface area contributed by atoms with Gasteiger partial charge in [-0.3, -0.25) is 0 Å². The Morgan fingerprint density at radius 1 is 1.39 bits per heavy atom. The third kappa shape index (κ3) is 2.18. The summed E-state index contributed by atoms with van der Waals surface area (Å²) in [4.78, 5) is 0. The van der Waals surface area contributed by atoms with Crippen LogP contribution in [0.5, 0.6) is 5.75 Å². The molecule has 0 amide bonds. The van der Waals surface area contributed by atoms with Gasteiger partial charge in [-0.1, -0.05) is 36.5 Å². The van der Waals surface area contributed by atoms with Crippen LogP contribution in [0.2, 0.25) is 0 Å². The molecule has 1 aromatic carbocycles. The number of hydrogen-bond donors (Lipinski definition) is 1. The van der Waals surface area contributed by atoms with Crippen LogP contribution in [-0.4, -0.2) is 16.8 Å². The van der Waals surface area contributed by atoms with Crippen molar-refractivity contribution in [2.75, 3.05) is 11.9 Å². The van der Waals surface area contributed by atoms with Gasteiger partial charge in [0.15, 0.2) is 0 Å². The van der Waals surface area contributed by atoms with E-state index in [1.54, 1.807) is 11.3 Å². The lowest BCUT2D eigenvalue weighted by molar-refractivity contribution is 0.274. The normalized spacial score (nSPS) is 17.9. The molecule has 18 heavy (non-hydrogen) atoms. The van der Waals surface area contributed by atoms with Gasteiger partial charge in [0.1, 0.15) is 10.8 Å². The van der Waals surface area contributed by atoms with Gasteiger partial charge in [0.25, 0.3) is 0 Å². The fraction of sp³-hybridized carbons (Fsp3) is 0.385. The Kier molecular flexibility index (Phi) is 3.15. The van der Waals surface area contributed by atoms with E-state index in [0.717, 1.165) is 35.3 Å². The number of para-hydroxylation sites is 1. The minimum Gasteiger partial charge on any atom is -0.493 e. The first-order valence-corrected chi connectivity index (χ1v) is 6.99. The molecule has 2 heterocycles. The predicted molar refractivity (Wildman–Crippen MR) is 72.2 cm³/mol. The van der Waals surface area contributed by atoms with Crippen molar-refractivity contribution in [3.05, 3.63) is 34.8 Å². The first kappa shape index (κ1) is 11.5. The van der Waals surface area contributed by atoms with Gasteiger partial charge in [0.2, 0.25) is 5.13 Å². The second kappa shape index (κ2) is 4.94. The van der Waals surface area contributed by atoms with E-state index in [0.29, 0.717) is 0 Å². The smallest absolute Gasteiger partial charge is 0.206 e. The molecule has 1 aliphatic rings. The van der Waals surface area contributed by atoms with E-state index in [4.69, 9.17) is 4.74 Å². The van der Waals surface area contributed by atoms with Crippen molar-refractivity contribution in [2.45, 2.75) is 25.8 Å². The second-order valence-electron chi connectivity index (χ2n) is 4.23. The molecule has 94 valence electrons. The summed E-state index contributed by atoms with van der Waals surface area (Å²) in [5.74, 6) is 0.974. The maximum absolute atomic E-state index is 5.65. The second-order valence-corrected chi connectivity index (χ2v) is 5.29. The summed E-state index contributed by atoms with van der Waals surface area (Å²) in [6.45, 7) is 2.84. The Labute approximate surface area is 110 Å². The first-order chi connectivity index (χ1) is 8.86. The van der Waals surface area contributed by atoms with Crippen LogP contribution in [0.1, 0.15) is 30.0 Å². The summed E-state index contributed by atoms with van der Waals surface area (Å²) in [5.41, 5.74) is 1.21. The molecule has 1 N–H and O–H groups in total. The van der Waals surface area contributed by atoms with Crippen LogP contribution in [0.15, 0.2) is 24.3 Å². The predicted octanol–water partition coefficient (Wildman–Crippen LogP) is 3.04. The van der Waals surface area contributed by atoms with Crippen molar-refractivity contribution in [2.24, 2.45) is 0 Å². The minimum absolute atomic E-state index is 0.271. The molecule has 0 spiro atoms. The topological polar surface area (TPSA) is 47.0 Å². The van der Waals surface area contributed by atoms with Crippen molar-refractivity contribution in [3.63, 3.8) is 0 Å². The molecule has 1 aromatic heterocycles. The number of aromatic nitrogens is 2. The van der Waals surface area contributed by atoms with Crippen LogP contribution in [0, 0.1) is 0 Å². The molecule has 2 aromatic rings. The molecular weight excluding hydrogens is 246 g/mol. The Bertz CT molecular complexity index is 541. The minimum atomic E-state index is 0.271. The van der Waals surface area contributed by atoms with Crippen molar-refractivity contribution in [3.8, 4) is 5.75 Å². The molecule has 0 aliphatic carbocycles. The quantitative estimate of drug-likeness (QED) is 0.922. The zero-order chi connectivity index (χ0) is 12.4. The molecule has 0 saturated carbocycles. The van der Waals surface area contributed by atoms with Crippen LogP contribution in [0.25, 0.3) is 0 Å². The van der Waals surface area contributed by atoms with E-state index < -0.39 is 0 Å². The third-order valence-corrected chi connectivity index (χ3v) is 4.02. The molecule has 4 nitrogen and oxygen atoms in total. The number of anilines is 1. The van der Waals surface area contributed by atoms with Crippen LogP contribution < -0.4 is 10.1 Å². The molecule has 3 rings (SSSR count). The molecule has 0 saturated heterocycles. The number of hydrogen-bond acceptors (Lipinski definition) is 5. The first-order valence-electron chi connectivity index (χ1n) is 6.17. The molecule has 1 aliphatic heterocycles. The average Bonchev–Trinajstić information content (AvgIpc) is 2.87. The van der Waals surface area contributed by atoms with Gasteiger partial charge in [-0.2, -0.15) is 0 Å². The van der Waals surface area contributed by atoms with E-state index in [9.17, 15) is 0 Å². The Hall–Kier alpha value is -1.62. The summed E-state index contributed by atoms with van der Waals surface area (Å²) in [6, 6.07) is 8.43. The lowest BCUT2D eigenvalue weighted by atomic mass is 10.0. The van der Waals surface area contributed by atoms with Gasteiger partial charge in [-0.15, -0.1) is 10.2 Å². The van der Waals surface area contributed by atoms with Crippen molar-refractivity contribution >= 4 is 16.5 Å². The zero-order valence-electron chi connectivity index (χ0n) is 10.2. The average molecular weight is 261 g/mol. The van der Waals surface area contributed by atoms with Crippen molar-refractivity contribution < 1.29 is 4.74 Å². The van der Waals surface area contributed by atoms with Crippen molar-refractivity contribution in [1.29, 1.82) is 0 Å². The molecule has 5 heteroatoms. The summed E-state index contributed by atoms with van der Waals surface area (Å²) in [6.07, 6.45) is 1.89. The standard InChI is InChI=1S/C13H15N3OS/c1-2-12-15-16-13(18-12)14-10-7-8-17-11-6-4-3-5-9(10)11/h3-6,10H,2,7-8H2,1H3,(H,14,16). The third-order valence-electron chi connectivity index (χ3n) is 3.03. The SMILES string of the molecule is CCc1nnc(NC2CCOc3ccccc32)s1. The summed E-state index contributed by atoms with van der Waals surface area (Å²) >= 11 is 1.63. The van der Waals surface area contributed by atoms with Gasteiger partial charge in [0, 0.05) is 12.0 Å². The van der Waals surface area contributed by atoms with Gasteiger partial charge >= 0.3 is 0 Å². The number of fused-ring (bicyclic) bond motifs is 1. The lowest BCUT2D eigenvalue weighted by Crippen LogP contribution is -2.20. The number of rotatable bonds is 3. The van der Waals surface area contributed by atoms with Gasteiger partial charge in [-0.05, 0) is 12.5 Å². The fourth-order valence-corrected chi connectivity index (χ4v) is 2.83. The van der Waals surface area contributed by atoms with Gasteiger partial charge < -0.3 is 10.1 Å². The number of nitrogens with one attached hydrogen (secondary N) is 1. The van der Waals surface area contributed by atoms with Gasteiger partial charge in [0.05, 0.1) is 12.6 Å². The van der Waals surface area contributed by atoms with Crippen LogP contribution in [0.4, 0.5) is 5.13 Å². The van der Waals surface area contributed by atoms with Crippen molar-refractivity contribution in [1.82, 2.24) is 10.2 Å². The largest absolute Gasteiger partial charge is 0.493 e. The summed E-state index contributed by atoms with van der Waals surface area (Å²) in [5, 5.41) is 13.7. The molecular formula is C13H15N3OS. The molecule has 0 fully saturated rings. The Morgan fingerprint density at radius 3 is 3.11 bits per heavy atom. The van der Waals surface area contributed by atoms with E-state index in [-0.39, 0.29) is 6.04 Å². The van der Waals surface area contributed by atoms with Crippen LogP contribution in [0.3, 0.4) is 0 Å². The number of aryl methyl sites for hydroxylation is 1. The monoisotopic (exact) mass is 261 g/mol. The highest BCUT2D eigenvalue weighted by Gasteiger charge is 2.21. The lowest BCUT2D eigenvalue weighted by Gasteiger charge is -2.26. The fourth-order valence-electron chi connectivity index (χ4n) is 2.10. The highest BCUT2D eigenvalue weighted by Crippen LogP contribution is 2.34. The van der Waals surface area contributed by atoms with E-state index in [2.05, 4.69) is 28.5 Å². The maximum atomic E-state index is 5.65. The summed E-state index contributed by atoms with van der Waals surface area (Å²) in [7, 11) is 0. The zero-order valence-corrected chi connectivity index (χ0v) is 11.0. The molecule has 0 radical (unpaired) electrons. The van der Waals surface area contributed by atoms with Gasteiger partial charge in [-0.25, -0.2) is 0 Å². The molecule has 1 unspecified atom stereocenters. The summed E-state index contributed by atoms with van der Waals surface area (Å²) < 4.78 is 5.65. The number of ether oxygens (including phenoxy) is 1. The number of nitrogens with zero attached hydrogens (tertiary/aromatic N) is 2. The molecule has 0 bridgehead atoms. The van der Waals surface area contributed by atoms with E-state index >= 15 is 0 Å². The maximum Gasteiger partial charge on any atom is 0.206 e. The van der Waals surface area contributed by atoms with Crippen LogP contribution in [-0.2, 0) is 6.42 Å². The highest BCUT2D eigenvalue weighted by atomic mass is 32.1. The Balaban J connectivity index is 1.81. The van der Waals surface area contributed by atoms with Crippen LogP contribution >= 0.6 is 11.3 Å². The number of benzene rings is 1. The highest BCUT2D eigenvalue weighted by molar-refractivity contribution is 7.15. The Morgan fingerprint density at radius 2 is 2.28 bits per heavy atom. The molecule has 1 atom stereocenters. The van der Waals surface area contributed by atoms with E-state index in [1.165, 1.54) is 5.56 Å².